The van der Waals surface area contributed by atoms with Gasteiger partial charge in [-0.15, -0.1) is 0 Å². The highest BCUT2D eigenvalue weighted by atomic mass is 79.9. The molecule has 0 aliphatic carbocycles. The molecule has 0 spiro atoms. The summed E-state index contributed by atoms with van der Waals surface area (Å²) >= 11 is 3.31. The number of methoxy groups -OCH3 is 2. The molecule has 1 atom stereocenters. The molecule has 5 heteroatoms. The molecule has 15 heavy (non-hydrogen) atoms. The van der Waals surface area contributed by atoms with E-state index in [4.69, 9.17) is 10.5 Å². The highest BCUT2D eigenvalue weighted by Crippen LogP contribution is 2.27. The number of nitrogens with two attached hydrogens (primary N) is 1. The van der Waals surface area contributed by atoms with Crippen molar-refractivity contribution in [2.45, 2.75) is 6.04 Å². The number of esters is 1. The maximum absolute atomic E-state index is 11.3. The maximum Gasteiger partial charge on any atom is 0.327 e. The topological polar surface area (TPSA) is 61.5 Å². The van der Waals surface area contributed by atoms with Crippen molar-refractivity contribution in [1.82, 2.24) is 0 Å². The molecule has 0 aromatic heterocycles. The van der Waals surface area contributed by atoms with Crippen molar-refractivity contribution in [1.29, 1.82) is 0 Å². The van der Waals surface area contributed by atoms with Crippen LogP contribution in [-0.4, -0.2) is 20.2 Å². The van der Waals surface area contributed by atoms with Gasteiger partial charge >= 0.3 is 5.97 Å². The van der Waals surface area contributed by atoms with Crippen LogP contribution in [-0.2, 0) is 9.53 Å². The minimum atomic E-state index is -0.806. The smallest absolute Gasteiger partial charge is 0.327 e. The summed E-state index contributed by atoms with van der Waals surface area (Å²) in [5, 5.41) is 0. The van der Waals surface area contributed by atoms with E-state index in [0.717, 1.165) is 4.47 Å². The van der Waals surface area contributed by atoms with Crippen LogP contribution in [0.3, 0.4) is 0 Å². The number of halogens is 1. The van der Waals surface area contributed by atoms with Gasteiger partial charge in [0.25, 0.3) is 0 Å². The van der Waals surface area contributed by atoms with Gasteiger partial charge in [-0.3, -0.25) is 4.79 Å². The lowest BCUT2D eigenvalue weighted by molar-refractivity contribution is -0.142. The number of hydrogen-bond acceptors (Lipinski definition) is 4. The molecule has 1 aromatic rings. The van der Waals surface area contributed by atoms with Gasteiger partial charge in [0.05, 0.1) is 14.2 Å². The number of ether oxygens (including phenoxy) is 2. The zero-order valence-corrected chi connectivity index (χ0v) is 10.1. The Kier molecular flexibility index (Phi) is 4.11. The van der Waals surface area contributed by atoms with Gasteiger partial charge < -0.3 is 15.2 Å². The van der Waals surface area contributed by atoms with Crippen LogP contribution < -0.4 is 10.5 Å². The number of benzene rings is 1. The van der Waals surface area contributed by atoms with Gasteiger partial charge in [0.2, 0.25) is 0 Å². The molecule has 1 aromatic carbocycles. The van der Waals surface area contributed by atoms with Gasteiger partial charge in [0.15, 0.2) is 0 Å². The zero-order chi connectivity index (χ0) is 11.4. The van der Waals surface area contributed by atoms with Crippen molar-refractivity contribution in [3.63, 3.8) is 0 Å². The first-order valence-electron chi connectivity index (χ1n) is 4.27. The van der Waals surface area contributed by atoms with Crippen molar-refractivity contribution in [2.24, 2.45) is 5.73 Å². The Morgan fingerprint density at radius 2 is 2.13 bits per heavy atom. The van der Waals surface area contributed by atoms with Crippen molar-refractivity contribution in [3.05, 3.63) is 28.2 Å². The summed E-state index contributed by atoms with van der Waals surface area (Å²) in [6.45, 7) is 0. The summed E-state index contributed by atoms with van der Waals surface area (Å²) in [5.41, 5.74) is 6.35. The Morgan fingerprint density at radius 1 is 1.47 bits per heavy atom. The molecule has 0 aliphatic rings. The van der Waals surface area contributed by atoms with Crippen LogP contribution in [0.25, 0.3) is 0 Å². The molecule has 1 rings (SSSR count). The Labute approximate surface area is 96.5 Å². The molecule has 2 N–H and O–H groups in total. The van der Waals surface area contributed by atoms with Crippen LogP contribution in [0.5, 0.6) is 5.75 Å². The number of carbonyl (C=O) groups excluding carboxylic acids is 1. The summed E-state index contributed by atoms with van der Waals surface area (Å²) < 4.78 is 10.4. The minimum absolute atomic E-state index is 0.482. The van der Waals surface area contributed by atoms with Gasteiger partial charge in [-0.2, -0.15) is 0 Å². The lowest BCUT2D eigenvalue weighted by atomic mass is 10.1. The first kappa shape index (κ1) is 12.0. The predicted molar refractivity (Wildman–Crippen MR) is 59.6 cm³/mol. The van der Waals surface area contributed by atoms with Gasteiger partial charge in [0, 0.05) is 4.47 Å². The van der Waals surface area contributed by atoms with Crippen LogP contribution in [0.4, 0.5) is 0 Å². The van der Waals surface area contributed by atoms with Gasteiger partial charge in [0.1, 0.15) is 11.8 Å². The lowest BCUT2D eigenvalue weighted by Gasteiger charge is -2.12. The highest BCUT2D eigenvalue weighted by Gasteiger charge is 2.19. The van der Waals surface area contributed by atoms with Crippen molar-refractivity contribution >= 4 is 21.9 Å². The van der Waals surface area contributed by atoms with Crippen molar-refractivity contribution < 1.29 is 14.3 Å². The van der Waals surface area contributed by atoms with Crippen LogP contribution in [0.2, 0.25) is 0 Å². The van der Waals surface area contributed by atoms with E-state index in [-0.39, 0.29) is 0 Å². The molecule has 0 aliphatic heterocycles. The molecular weight excluding hydrogens is 262 g/mol. The molecule has 4 nitrogen and oxygen atoms in total. The summed E-state index contributed by atoms with van der Waals surface area (Å²) in [6, 6.07) is 4.44. The van der Waals surface area contributed by atoms with E-state index in [9.17, 15) is 4.79 Å². The fourth-order valence-corrected chi connectivity index (χ4v) is 1.63. The molecule has 0 radical (unpaired) electrons. The second kappa shape index (κ2) is 5.14. The molecule has 0 amide bonds. The molecule has 0 bridgehead atoms. The third-order valence-corrected chi connectivity index (χ3v) is 2.72. The molecule has 0 saturated carbocycles. The molecule has 0 heterocycles. The van der Waals surface area contributed by atoms with E-state index in [2.05, 4.69) is 20.7 Å². The average molecular weight is 274 g/mol. The summed E-state index contributed by atoms with van der Waals surface area (Å²) in [7, 11) is 2.85. The van der Waals surface area contributed by atoms with E-state index in [1.807, 2.05) is 0 Å². The number of rotatable bonds is 3. The van der Waals surface area contributed by atoms with Crippen LogP contribution in [0, 0.1) is 0 Å². The summed E-state index contributed by atoms with van der Waals surface area (Å²) in [5.74, 6) is 0.163. The van der Waals surface area contributed by atoms with Gasteiger partial charge in [-0.05, 0) is 23.8 Å². The maximum atomic E-state index is 11.3. The van der Waals surface area contributed by atoms with E-state index in [0.29, 0.717) is 11.3 Å². The first-order valence-corrected chi connectivity index (χ1v) is 5.06. The molecule has 82 valence electrons. The Hall–Kier alpha value is -1.07. The second-order valence-corrected chi connectivity index (χ2v) is 3.74. The monoisotopic (exact) mass is 273 g/mol. The third-order valence-electron chi connectivity index (χ3n) is 1.99. The van der Waals surface area contributed by atoms with Gasteiger partial charge in [-0.25, -0.2) is 0 Å². The van der Waals surface area contributed by atoms with Crippen LogP contribution in [0.1, 0.15) is 11.6 Å². The SMILES string of the molecule is COC(=O)[C@@H](N)c1cc(OC)ccc1Br. The molecule has 0 fully saturated rings. The molecule has 0 saturated heterocycles. The summed E-state index contributed by atoms with van der Waals surface area (Å²) in [4.78, 5) is 11.3. The van der Waals surface area contributed by atoms with Crippen molar-refractivity contribution in [2.75, 3.05) is 14.2 Å². The van der Waals surface area contributed by atoms with E-state index >= 15 is 0 Å². The lowest BCUT2D eigenvalue weighted by Crippen LogP contribution is -2.23. The van der Waals surface area contributed by atoms with E-state index in [1.165, 1.54) is 7.11 Å². The molecular formula is C10H12BrNO3. The quantitative estimate of drug-likeness (QED) is 0.851. The Balaban J connectivity index is 3.06. The largest absolute Gasteiger partial charge is 0.497 e. The summed E-state index contributed by atoms with van der Waals surface area (Å²) in [6.07, 6.45) is 0. The highest BCUT2D eigenvalue weighted by molar-refractivity contribution is 9.10. The second-order valence-electron chi connectivity index (χ2n) is 2.89. The van der Waals surface area contributed by atoms with Crippen molar-refractivity contribution in [3.8, 4) is 5.75 Å². The number of carbonyl (C=O) groups is 1. The van der Waals surface area contributed by atoms with E-state index < -0.39 is 12.0 Å². The third kappa shape index (κ3) is 2.70. The zero-order valence-electron chi connectivity index (χ0n) is 8.49. The first-order chi connectivity index (χ1) is 7.10. The average Bonchev–Trinajstić information content (AvgIpc) is 2.27. The molecule has 0 unspecified atom stereocenters. The fraction of sp³-hybridized carbons (Fsp3) is 0.300. The van der Waals surface area contributed by atoms with Crippen LogP contribution >= 0.6 is 15.9 Å². The van der Waals surface area contributed by atoms with Crippen LogP contribution in [0.15, 0.2) is 22.7 Å². The predicted octanol–water partition coefficient (Wildman–Crippen LogP) is 1.63. The van der Waals surface area contributed by atoms with Gasteiger partial charge in [-0.1, -0.05) is 15.9 Å². The fourth-order valence-electron chi connectivity index (χ4n) is 1.14. The standard InChI is InChI=1S/C10H12BrNO3/c1-14-6-3-4-8(11)7(5-6)9(12)10(13)15-2/h3-5,9H,12H2,1-2H3/t9-/m0/s1. The number of hydrogen-bond donors (Lipinski definition) is 1. The van der Waals surface area contributed by atoms with E-state index in [1.54, 1.807) is 25.3 Å². The Bertz CT molecular complexity index is 368. The normalized spacial score (nSPS) is 12.0. The Morgan fingerprint density at radius 3 is 2.67 bits per heavy atom. The minimum Gasteiger partial charge on any atom is -0.497 e.